The number of hydrogen-bond donors (Lipinski definition) is 2. The van der Waals surface area contributed by atoms with E-state index in [0.29, 0.717) is 22.9 Å². The first-order valence-corrected chi connectivity index (χ1v) is 11.4. The van der Waals surface area contributed by atoms with Gasteiger partial charge in [-0.1, -0.05) is 41.9 Å². The van der Waals surface area contributed by atoms with Gasteiger partial charge in [-0.15, -0.1) is 0 Å². The number of pyridine rings is 1. The Hall–Kier alpha value is -2.47. The molecule has 0 radical (unpaired) electrons. The molecule has 1 unspecified atom stereocenters. The monoisotopic (exact) mass is 454 g/mol. The molecular weight excluding hydrogens is 427 g/mol. The summed E-state index contributed by atoms with van der Waals surface area (Å²) in [7, 11) is 0. The number of aliphatic hydroxyl groups excluding tert-OH is 2. The first kappa shape index (κ1) is 22.7. The van der Waals surface area contributed by atoms with Gasteiger partial charge in [0.1, 0.15) is 11.9 Å². The Balaban J connectivity index is 1.46. The molecule has 1 aliphatic rings. The third-order valence-corrected chi connectivity index (χ3v) is 6.57. The van der Waals surface area contributed by atoms with Gasteiger partial charge < -0.3 is 15.1 Å². The summed E-state index contributed by atoms with van der Waals surface area (Å²) in [6.45, 7) is 1.94. The first-order valence-electron chi connectivity index (χ1n) is 11.1. The Kier molecular flexibility index (Phi) is 7.40. The molecule has 2 N–H and O–H groups in total. The van der Waals surface area contributed by atoms with Crippen LogP contribution in [-0.4, -0.2) is 34.9 Å². The van der Waals surface area contributed by atoms with Gasteiger partial charge in [0.15, 0.2) is 0 Å². The van der Waals surface area contributed by atoms with Crippen molar-refractivity contribution in [2.24, 2.45) is 5.92 Å². The fourth-order valence-electron chi connectivity index (χ4n) is 4.47. The molecule has 0 bridgehead atoms. The zero-order valence-electron chi connectivity index (χ0n) is 17.9. The summed E-state index contributed by atoms with van der Waals surface area (Å²) >= 11 is 6.27. The minimum atomic E-state index is -0.815. The number of rotatable bonds is 8. The van der Waals surface area contributed by atoms with E-state index in [1.54, 1.807) is 12.1 Å². The molecule has 1 saturated heterocycles. The zero-order chi connectivity index (χ0) is 22.5. The molecule has 0 amide bonds. The van der Waals surface area contributed by atoms with E-state index < -0.39 is 6.10 Å². The molecule has 2 atom stereocenters. The van der Waals surface area contributed by atoms with Gasteiger partial charge in [0.05, 0.1) is 6.20 Å². The van der Waals surface area contributed by atoms with Gasteiger partial charge >= 0.3 is 0 Å². The largest absolute Gasteiger partial charge is 0.396 e. The predicted octanol–water partition coefficient (Wildman–Crippen LogP) is 4.95. The van der Waals surface area contributed by atoms with E-state index in [1.165, 1.54) is 12.3 Å². The second kappa shape index (κ2) is 10.4. The molecule has 32 heavy (non-hydrogen) atoms. The Labute approximate surface area is 193 Å². The van der Waals surface area contributed by atoms with Gasteiger partial charge in [0, 0.05) is 41.7 Å². The lowest BCUT2D eigenvalue weighted by molar-refractivity contribution is 0.220. The maximum Gasteiger partial charge on any atom is 0.141 e. The summed E-state index contributed by atoms with van der Waals surface area (Å²) in [4.78, 5) is 6.52. The van der Waals surface area contributed by atoms with Gasteiger partial charge in [-0.2, -0.15) is 0 Å². The zero-order valence-corrected chi connectivity index (χ0v) is 18.7. The van der Waals surface area contributed by atoms with Crippen LogP contribution in [0.1, 0.15) is 41.3 Å². The standard InChI is InChI=1S/C26H28ClFN2O2/c27-24-4-2-1-3-23(24)26(32)20-6-10-25(19(15-20)12-14-31)30-13-11-18(17-30)5-8-22-9-7-21(28)16-29-22/h1-4,6-7,9-10,15-16,18,26,31-32H,5,8,11-14,17H2/t18-,26?/m0/s1. The molecule has 4 rings (SSSR count). The fourth-order valence-corrected chi connectivity index (χ4v) is 4.71. The van der Waals surface area contributed by atoms with E-state index in [2.05, 4.69) is 9.88 Å². The van der Waals surface area contributed by atoms with Crippen LogP contribution in [0.2, 0.25) is 5.02 Å². The summed E-state index contributed by atoms with van der Waals surface area (Å²) in [6.07, 6.45) is 3.92. The van der Waals surface area contributed by atoms with Crippen LogP contribution >= 0.6 is 11.6 Å². The molecular formula is C26H28ClFN2O2. The highest BCUT2D eigenvalue weighted by molar-refractivity contribution is 6.31. The van der Waals surface area contributed by atoms with Crippen molar-refractivity contribution in [3.8, 4) is 0 Å². The smallest absolute Gasteiger partial charge is 0.141 e. The van der Waals surface area contributed by atoms with Crippen molar-refractivity contribution in [3.05, 3.63) is 94.0 Å². The van der Waals surface area contributed by atoms with E-state index >= 15 is 0 Å². The average Bonchev–Trinajstić information content (AvgIpc) is 3.27. The van der Waals surface area contributed by atoms with E-state index in [1.807, 2.05) is 36.4 Å². The van der Waals surface area contributed by atoms with Crippen molar-refractivity contribution in [3.63, 3.8) is 0 Å². The summed E-state index contributed by atoms with van der Waals surface area (Å²) < 4.78 is 13.1. The number of benzene rings is 2. The topological polar surface area (TPSA) is 56.6 Å². The predicted molar refractivity (Wildman–Crippen MR) is 126 cm³/mol. The van der Waals surface area contributed by atoms with Crippen molar-refractivity contribution in [2.75, 3.05) is 24.6 Å². The molecule has 1 fully saturated rings. The van der Waals surface area contributed by atoms with Crippen LogP contribution in [0.3, 0.4) is 0 Å². The van der Waals surface area contributed by atoms with E-state index in [0.717, 1.165) is 54.9 Å². The van der Waals surface area contributed by atoms with Crippen molar-refractivity contribution < 1.29 is 14.6 Å². The normalized spacial score (nSPS) is 17.0. The lowest BCUT2D eigenvalue weighted by atomic mass is 9.97. The van der Waals surface area contributed by atoms with Crippen LogP contribution in [0.25, 0.3) is 0 Å². The molecule has 0 spiro atoms. The maximum atomic E-state index is 13.1. The molecule has 4 nitrogen and oxygen atoms in total. The third kappa shape index (κ3) is 5.29. The minimum Gasteiger partial charge on any atom is -0.396 e. The number of halogens is 2. The van der Waals surface area contributed by atoms with E-state index in [-0.39, 0.29) is 12.4 Å². The summed E-state index contributed by atoms with van der Waals surface area (Å²) in [6, 6.07) is 16.5. The van der Waals surface area contributed by atoms with Crippen LogP contribution in [0.5, 0.6) is 0 Å². The Morgan fingerprint density at radius 1 is 1.12 bits per heavy atom. The van der Waals surface area contributed by atoms with E-state index in [9.17, 15) is 14.6 Å². The van der Waals surface area contributed by atoms with Gasteiger partial charge in [-0.05, 0) is 67.0 Å². The Morgan fingerprint density at radius 3 is 2.72 bits per heavy atom. The van der Waals surface area contributed by atoms with Crippen LogP contribution in [0.4, 0.5) is 10.1 Å². The summed E-state index contributed by atoms with van der Waals surface area (Å²) in [5.41, 5.74) is 4.49. The number of anilines is 1. The fraction of sp³-hybridized carbons (Fsp3) is 0.346. The number of aryl methyl sites for hydroxylation is 1. The van der Waals surface area contributed by atoms with Crippen molar-refractivity contribution in [2.45, 2.75) is 31.8 Å². The maximum absolute atomic E-state index is 13.1. The molecule has 1 aliphatic heterocycles. The lowest BCUT2D eigenvalue weighted by Gasteiger charge is -2.24. The summed E-state index contributed by atoms with van der Waals surface area (Å²) in [5.74, 6) is 0.234. The lowest BCUT2D eigenvalue weighted by Crippen LogP contribution is -2.22. The van der Waals surface area contributed by atoms with Crippen LogP contribution in [-0.2, 0) is 12.8 Å². The minimum absolute atomic E-state index is 0.0478. The third-order valence-electron chi connectivity index (χ3n) is 6.22. The Bertz CT molecular complexity index is 1040. The van der Waals surface area contributed by atoms with Crippen molar-refractivity contribution in [1.82, 2.24) is 4.98 Å². The van der Waals surface area contributed by atoms with Crippen molar-refractivity contribution >= 4 is 17.3 Å². The second-order valence-corrected chi connectivity index (χ2v) is 8.80. The summed E-state index contributed by atoms with van der Waals surface area (Å²) in [5, 5.41) is 21.0. The van der Waals surface area contributed by atoms with Gasteiger partial charge in [-0.25, -0.2) is 4.39 Å². The first-order chi connectivity index (χ1) is 15.5. The molecule has 6 heteroatoms. The number of nitrogens with zero attached hydrogens (tertiary/aromatic N) is 2. The van der Waals surface area contributed by atoms with Gasteiger partial charge in [0.25, 0.3) is 0 Å². The number of hydrogen-bond acceptors (Lipinski definition) is 4. The van der Waals surface area contributed by atoms with E-state index in [4.69, 9.17) is 11.6 Å². The van der Waals surface area contributed by atoms with Gasteiger partial charge in [0.2, 0.25) is 0 Å². The molecule has 168 valence electrons. The average molecular weight is 455 g/mol. The Morgan fingerprint density at radius 2 is 1.97 bits per heavy atom. The molecule has 1 aromatic heterocycles. The molecule has 3 aromatic rings. The highest BCUT2D eigenvalue weighted by atomic mass is 35.5. The molecule has 0 saturated carbocycles. The molecule has 2 heterocycles. The quantitative estimate of drug-likeness (QED) is 0.505. The van der Waals surface area contributed by atoms with Crippen LogP contribution in [0.15, 0.2) is 60.8 Å². The highest BCUT2D eigenvalue weighted by Crippen LogP contribution is 2.34. The molecule has 0 aliphatic carbocycles. The number of aromatic nitrogens is 1. The number of aliphatic hydroxyl groups is 2. The second-order valence-electron chi connectivity index (χ2n) is 8.39. The van der Waals surface area contributed by atoms with Crippen molar-refractivity contribution in [1.29, 1.82) is 0 Å². The van der Waals surface area contributed by atoms with Crippen LogP contribution < -0.4 is 4.90 Å². The highest BCUT2D eigenvalue weighted by Gasteiger charge is 2.25. The molecule has 2 aromatic carbocycles. The van der Waals surface area contributed by atoms with Gasteiger partial charge in [-0.3, -0.25) is 4.98 Å². The van der Waals surface area contributed by atoms with Crippen LogP contribution in [0, 0.1) is 11.7 Å². The SMILES string of the molecule is OCCc1cc(C(O)c2ccccc2Cl)ccc1N1CC[C@H](CCc2ccc(F)cn2)C1.